The molecule has 1 amide bonds. The Morgan fingerprint density at radius 3 is 2.47 bits per heavy atom. The zero-order chi connectivity index (χ0) is 13.9. The Morgan fingerprint density at radius 2 is 1.89 bits per heavy atom. The monoisotopic (exact) mass is 299 g/mol. The molecule has 1 N–H and O–H groups in total. The number of nitrogens with one attached hydrogen (secondary N) is 1. The maximum atomic E-state index is 10.8. The standard InChI is InChI=1S/C15H19Cl2NO/c1-11(18-10-19)15(7-3-2-4-8-15)12-5-6-13(16)14(17)9-12/h5-6,9-11H,2-4,7-8H2,1H3,(H,18,19). The molecule has 2 nitrogen and oxygen atoms in total. The van der Waals surface area contributed by atoms with E-state index in [-0.39, 0.29) is 11.5 Å². The highest BCUT2D eigenvalue weighted by molar-refractivity contribution is 6.42. The van der Waals surface area contributed by atoms with Crippen LogP contribution in [0.2, 0.25) is 10.0 Å². The molecular weight excluding hydrogens is 281 g/mol. The minimum absolute atomic E-state index is 0.0204. The second-order valence-corrected chi connectivity index (χ2v) is 6.17. The van der Waals surface area contributed by atoms with Crippen LogP contribution in [0, 0.1) is 0 Å². The molecule has 1 aromatic rings. The molecule has 0 bridgehead atoms. The van der Waals surface area contributed by atoms with Gasteiger partial charge in [0.05, 0.1) is 10.0 Å². The lowest BCUT2D eigenvalue weighted by Gasteiger charge is -2.42. The first-order valence-corrected chi connectivity index (χ1v) is 7.51. The highest BCUT2D eigenvalue weighted by Crippen LogP contribution is 2.43. The van der Waals surface area contributed by atoms with Crippen molar-refractivity contribution in [3.63, 3.8) is 0 Å². The van der Waals surface area contributed by atoms with E-state index in [1.165, 1.54) is 24.8 Å². The van der Waals surface area contributed by atoms with E-state index in [0.717, 1.165) is 19.3 Å². The predicted octanol–water partition coefficient (Wildman–Crippen LogP) is 4.33. The fourth-order valence-electron chi connectivity index (χ4n) is 3.22. The maximum absolute atomic E-state index is 10.8. The van der Waals surface area contributed by atoms with E-state index >= 15 is 0 Å². The van der Waals surface area contributed by atoms with Gasteiger partial charge in [0.1, 0.15) is 0 Å². The minimum Gasteiger partial charge on any atom is -0.355 e. The summed E-state index contributed by atoms with van der Waals surface area (Å²) in [6, 6.07) is 5.95. The Labute approximate surface area is 124 Å². The van der Waals surface area contributed by atoms with Crippen molar-refractivity contribution >= 4 is 29.6 Å². The Bertz CT molecular complexity index is 455. The highest BCUT2D eigenvalue weighted by atomic mass is 35.5. The van der Waals surface area contributed by atoms with Crippen LogP contribution in [-0.2, 0) is 10.2 Å². The largest absolute Gasteiger partial charge is 0.355 e. The molecule has 1 aromatic carbocycles. The predicted molar refractivity (Wildman–Crippen MR) is 79.9 cm³/mol. The fourth-order valence-corrected chi connectivity index (χ4v) is 3.52. The highest BCUT2D eigenvalue weighted by Gasteiger charge is 2.39. The van der Waals surface area contributed by atoms with Gasteiger partial charge in [-0.2, -0.15) is 0 Å². The molecule has 1 aliphatic carbocycles. The SMILES string of the molecule is CC(NC=O)C1(c2ccc(Cl)c(Cl)c2)CCCCC1. The van der Waals surface area contributed by atoms with E-state index in [1.807, 2.05) is 18.2 Å². The molecule has 4 heteroatoms. The summed E-state index contributed by atoms with van der Waals surface area (Å²) in [6.45, 7) is 2.07. The third kappa shape index (κ3) is 2.90. The average molecular weight is 300 g/mol. The lowest BCUT2D eigenvalue weighted by molar-refractivity contribution is -0.110. The summed E-state index contributed by atoms with van der Waals surface area (Å²) in [5.74, 6) is 0. The van der Waals surface area contributed by atoms with Gasteiger partial charge in [-0.15, -0.1) is 0 Å². The quantitative estimate of drug-likeness (QED) is 0.824. The second kappa shape index (κ2) is 6.15. The molecule has 1 unspecified atom stereocenters. The van der Waals surface area contributed by atoms with E-state index in [1.54, 1.807) is 0 Å². The lowest BCUT2D eigenvalue weighted by atomic mass is 9.65. The molecule has 0 saturated heterocycles. The molecule has 104 valence electrons. The second-order valence-electron chi connectivity index (χ2n) is 5.35. The molecule has 0 aromatic heterocycles. The van der Waals surface area contributed by atoms with Gasteiger partial charge in [-0.25, -0.2) is 0 Å². The molecule has 0 radical (unpaired) electrons. The van der Waals surface area contributed by atoms with Crippen LogP contribution < -0.4 is 5.32 Å². The third-order valence-electron chi connectivity index (χ3n) is 4.39. The Hall–Kier alpha value is -0.730. The first kappa shape index (κ1) is 14.7. The van der Waals surface area contributed by atoms with Gasteiger partial charge in [-0.3, -0.25) is 4.79 Å². The number of rotatable bonds is 4. The van der Waals surface area contributed by atoms with Crippen molar-refractivity contribution in [2.24, 2.45) is 0 Å². The number of benzene rings is 1. The van der Waals surface area contributed by atoms with E-state index < -0.39 is 0 Å². The Balaban J connectivity index is 2.40. The first-order chi connectivity index (χ1) is 9.10. The summed E-state index contributed by atoms with van der Waals surface area (Å²) in [5, 5.41) is 4.09. The molecule has 0 spiro atoms. The van der Waals surface area contributed by atoms with Crippen molar-refractivity contribution in [3.05, 3.63) is 33.8 Å². The van der Waals surface area contributed by atoms with Crippen LogP contribution in [0.4, 0.5) is 0 Å². The molecule has 1 atom stereocenters. The number of halogens is 2. The van der Waals surface area contributed by atoms with E-state index in [2.05, 4.69) is 12.2 Å². The normalized spacial score (nSPS) is 19.7. The average Bonchev–Trinajstić information content (AvgIpc) is 2.43. The lowest BCUT2D eigenvalue weighted by Crippen LogP contribution is -2.47. The van der Waals surface area contributed by atoms with Crippen LogP contribution in [0.5, 0.6) is 0 Å². The van der Waals surface area contributed by atoms with Gasteiger partial charge in [0.25, 0.3) is 0 Å². The van der Waals surface area contributed by atoms with Crippen LogP contribution in [-0.4, -0.2) is 12.5 Å². The van der Waals surface area contributed by atoms with E-state index in [4.69, 9.17) is 23.2 Å². The minimum atomic E-state index is -0.0204. The van der Waals surface area contributed by atoms with Gasteiger partial charge < -0.3 is 5.32 Å². The van der Waals surface area contributed by atoms with Gasteiger partial charge in [0, 0.05) is 11.5 Å². The van der Waals surface area contributed by atoms with E-state index in [9.17, 15) is 4.79 Å². The van der Waals surface area contributed by atoms with Gasteiger partial charge in [-0.05, 0) is 37.5 Å². The zero-order valence-corrected chi connectivity index (χ0v) is 12.6. The third-order valence-corrected chi connectivity index (χ3v) is 5.13. The molecule has 1 fully saturated rings. The number of carbonyl (C=O) groups excluding carboxylic acids is 1. The molecule has 1 saturated carbocycles. The maximum Gasteiger partial charge on any atom is 0.207 e. The van der Waals surface area contributed by atoms with Gasteiger partial charge in [0.15, 0.2) is 0 Å². The zero-order valence-electron chi connectivity index (χ0n) is 11.1. The summed E-state index contributed by atoms with van der Waals surface area (Å²) in [5.41, 5.74) is 1.16. The summed E-state index contributed by atoms with van der Waals surface area (Å²) in [4.78, 5) is 10.8. The van der Waals surface area contributed by atoms with Gasteiger partial charge >= 0.3 is 0 Å². The summed E-state index contributed by atoms with van der Waals surface area (Å²) < 4.78 is 0. The number of hydrogen-bond acceptors (Lipinski definition) is 1. The van der Waals surface area contributed by atoms with E-state index in [0.29, 0.717) is 10.0 Å². The van der Waals surface area contributed by atoms with Crippen molar-refractivity contribution in [3.8, 4) is 0 Å². The number of hydrogen-bond donors (Lipinski definition) is 1. The van der Waals surface area contributed by atoms with Crippen LogP contribution in [0.1, 0.15) is 44.6 Å². The fraction of sp³-hybridized carbons (Fsp3) is 0.533. The molecule has 19 heavy (non-hydrogen) atoms. The summed E-state index contributed by atoms with van der Waals surface area (Å²) >= 11 is 12.2. The van der Waals surface area contributed by atoms with Crippen molar-refractivity contribution in [1.29, 1.82) is 0 Å². The topological polar surface area (TPSA) is 29.1 Å². The molecule has 0 aliphatic heterocycles. The smallest absolute Gasteiger partial charge is 0.207 e. The molecule has 1 aliphatic rings. The van der Waals surface area contributed by atoms with Crippen molar-refractivity contribution in [1.82, 2.24) is 5.32 Å². The van der Waals surface area contributed by atoms with Crippen molar-refractivity contribution < 1.29 is 4.79 Å². The number of carbonyl (C=O) groups is 1. The number of amides is 1. The first-order valence-electron chi connectivity index (χ1n) is 6.75. The van der Waals surface area contributed by atoms with Crippen LogP contribution in [0.15, 0.2) is 18.2 Å². The summed E-state index contributed by atoms with van der Waals surface area (Å²) in [7, 11) is 0. The van der Waals surface area contributed by atoms with Crippen molar-refractivity contribution in [2.75, 3.05) is 0 Å². The molecule has 0 heterocycles. The Kier molecular flexibility index (Phi) is 4.75. The van der Waals surface area contributed by atoms with Gasteiger partial charge in [-0.1, -0.05) is 48.5 Å². The summed E-state index contributed by atoms with van der Waals surface area (Å²) in [6.07, 6.45) is 6.58. The Morgan fingerprint density at radius 1 is 1.21 bits per heavy atom. The van der Waals surface area contributed by atoms with Crippen LogP contribution in [0.3, 0.4) is 0 Å². The van der Waals surface area contributed by atoms with Gasteiger partial charge in [0.2, 0.25) is 6.41 Å². The van der Waals surface area contributed by atoms with Crippen LogP contribution >= 0.6 is 23.2 Å². The van der Waals surface area contributed by atoms with Crippen molar-refractivity contribution in [2.45, 2.75) is 50.5 Å². The molecule has 2 rings (SSSR count). The molecular formula is C15H19Cl2NO. The van der Waals surface area contributed by atoms with Crippen LogP contribution in [0.25, 0.3) is 0 Å².